The Balaban J connectivity index is 5.01. The highest BCUT2D eigenvalue weighted by atomic mass is 16.6. The Hall–Kier alpha value is -1.21. The highest BCUT2D eigenvalue weighted by molar-refractivity contribution is 5.68. The zero-order valence-electron chi connectivity index (χ0n) is 15.4. The summed E-state index contributed by atoms with van der Waals surface area (Å²) >= 11 is 0. The lowest BCUT2D eigenvalue weighted by Gasteiger charge is -2.32. The summed E-state index contributed by atoms with van der Waals surface area (Å²) in [5, 5.41) is 10.4. The number of hydrogen-bond donors (Lipinski definition) is 1. The second kappa shape index (κ2) is 9.05. The van der Waals surface area contributed by atoms with E-state index >= 15 is 0 Å². The van der Waals surface area contributed by atoms with Crippen molar-refractivity contribution in [1.29, 1.82) is 0 Å². The smallest absolute Gasteiger partial charge is 0.410 e. The molecule has 0 saturated heterocycles. The Kier molecular flexibility index (Phi) is 8.55. The van der Waals surface area contributed by atoms with Gasteiger partial charge in [0.15, 0.2) is 0 Å². The number of carbonyl (C=O) groups is 1. The molecule has 1 N–H and O–H groups in total. The lowest BCUT2D eigenvalue weighted by atomic mass is 9.98. The average Bonchev–Trinajstić information content (AvgIpc) is 2.32. The fourth-order valence-corrected chi connectivity index (χ4v) is 1.91. The minimum Gasteiger partial charge on any atom is -0.444 e. The molecule has 4 heteroatoms. The van der Waals surface area contributed by atoms with Crippen LogP contribution in [0.25, 0.3) is 0 Å². The highest BCUT2D eigenvalue weighted by Gasteiger charge is 2.30. The minimum absolute atomic E-state index is 0.344. The lowest BCUT2D eigenvalue weighted by molar-refractivity contribution is 0.00697. The van der Waals surface area contributed by atoms with E-state index < -0.39 is 17.8 Å². The summed E-state index contributed by atoms with van der Waals surface area (Å²) in [5.74, 6) is 6.68. The lowest BCUT2D eigenvalue weighted by Crippen LogP contribution is -2.47. The molecule has 0 aliphatic rings. The molecule has 22 heavy (non-hydrogen) atoms. The molecule has 4 nitrogen and oxygen atoms in total. The third-order valence-corrected chi connectivity index (χ3v) is 3.02. The van der Waals surface area contributed by atoms with Crippen LogP contribution in [0.2, 0.25) is 0 Å². The van der Waals surface area contributed by atoms with E-state index in [4.69, 9.17) is 4.74 Å². The molecule has 0 aromatic rings. The van der Waals surface area contributed by atoms with E-state index in [2.05, 4.69) is 39.5 Å². The van der Waals surface area contributed by atoms with Gasteiger partial charge in [0.25, 0.3) is 0 Å². The Bertz CT molecular complexity index is 399. The predicted octanol–water partition coefficient (Wildman–Crippen LogP) is 3.68. The minimum atomic E-state index is -0.862. The highest BCUT2D eigenvalue weighted by Crippen LogP contribution is 2.17. The molecule has 0 heterocycles. The standard InChI is InChI=1S/C18H33NO3/c1-13(2)10-9-11-16(20)15(12-14(3)4)19(8)17(21)22-18(5,6)7/h13-16,20H,10,12H2,1-8H3/t15-,16+/m0/s1. The maximum atomic E-state index is 12.2. The fourth-order valence-electron chi connectivity index (χ4n) is 1.91. The molecule has 1 amide bonds. The first kappa shape index (κ1) is 20.8. The summed E-state index contributed by atoms with van der Waals surface area (Å²) in [6.45, 7) is 13.8. The normalized spacial score (nSPS) is 14.3. The van der Waals surface area contributed by atoms with Gasteiger partial charge in [-0.05, 0) is 39.0 Å². The number of amides is 1. The average molecular weight is 311 g/mol. The zero-order chi connectivity index (χ0) is 17.5. The van der Waals surface area contributed by atoms with Gasteiger partial charge in [-0.2, -0.15) is 0 Å². The molecule has 0 aliphatic carbocycles. The van der Waals surface area contributed by atoms with Crippen molar-refractivity contribution in [2.24, 2.45) is 11.8 Å². The van der Waals surface area contributed by atoms with E-state index in [9.17, 15) is 9.90 Å². The van der Waals surface area contributed by atoms with Crippen LogP contribution < -0.4 is 0 Å². The van der Waals surface area contributed by atoms with Crippen LogP contribution in [0.5, 0.6) is 0 Å². The summed E-state index contributed by atoms with van der Waals surface area (Å²) in [6, 6.07) is -0.366. The first-order valence-electron chi connectivity index (χ1n) is 8.06. The summed E-state index contributed by atoms with van der Waals surface area (Å²) < 4.78 is 5.38. The maximum absolute atomic E-state index is 12.2. The molecule has 0 aromatic heterocycles. The molecule has 2 atom stereocenters. The molecule has 0 rings (SSSR count). The molecular weight excluding hydrogens is 278 g/mol. The van der Waals surface area contributed by atoms with Crippen molar-refractivity contribution in [3.8, 4) is 11.8 Å². The fraction of sp³-hybridized carbons (Fsp3) is 0.833. The Labute approximate surface area is 136 Å². The second-order valence-corrected chi connectivity index (χ2v) is 7.65. The number of nitrogens with zero attached hydrogens (tertiary/aromatic N) is 1. The van der Waals surface area contributed by atoms with Crippen molar-refractivity contribution in [3.63, 3.8) is 0 Å². The van der Waals surface area contributed by atoms with Crippen LogP contribution in [0.1, 0.15) is 61.3 Å². The molecular formula is C18H33NO3. The van der Waals surface area contributed by atoms with Gasteiger partial charge in [0.05, 0.1) is 6.04 Å². The molecule has 0 unspecified atom stereocenters. The van der Waals surface area contributed by atoms with Crippen LogP contribution in [-0.4, -0.2) is 40.9 Å². The first-order chi connectivity index (χ1) is 9.94. The van der Waals surface area contributed by atoms with Gasteiger partial charge in [0.1, 0.15) is 11.7 Å². The number of hydrogen-bond acceptors (Lipinski definition) is 3. The van der Waals surface area contributed by atoms with Crippen molar-refractivity contribution >= 4 is 6.09 Å². The van der Waals surface area contributed by atoms with Crippen LogP contribution in [0.3, 0.4) is 0 Å². The molecule has 0 aliphatic heterocycles. The van der Waals surface area contributed by atoms with Crippen molar-refractivity contribution < 1.29 is 14.6 Å². The van der Waals surface area contributed by atoms with Gasteiger partial charge in [-0.1, -0.05) is 33.6 Å². The second-order valence-electron chi connectivity index (χ2n) is 7.65. The topological polar surface area (TPSA) is 49.8 Å². The quantitative estimate of drug-likeness (QED) is 0.788. The van der Waals surface area contributed by atoms with Crippen LogP contribution in [-0.2, 0) is 4.74 Å². The third kappa shape index (κ3) is 8.94. The van der Waals surface area contributed by atoms with E-state index in [0.717, 1.165) is 6.42 Å². The van der Waals surface area contributed by atoms with Crippen LogP contribution >= 0.6 is 0 Å². The van der Waals surface area contributed by atoms with Gasteiger partial charge in [0.2, 0.25) is 0 Å². The molecule has 0 fully saturated rings. The van der Waals surface area contributed by atoms with E-state index in [0.29, 0.717) is 18.3 Å². The number of rotatable bonds is 5. The number of likely N-dealkylation sites (N-methyl/N-ethyl adjacent to an activating group) is 1. The van der Waals surface area contributed by atoms with E-state index in [1.807, 2.05) is 20.8 Å². The van der Waals surface area contributed by atoms with Gasteiger partial charge < -0.3 is 14.7 Å². The Morgan fingerprint density at radius 3 is 2.14 bits per heavy atom. The van der Waals surface area contributed by atoms with Gasteiger partial charge in [-0.15, -0.1) is 5.92 Å². The zero-order valence-corrected chi connectivity index (χ0v) is 15.4. The number of aliphatic hydroxyl groups excluding tert-OH is 1. The van der Waals surface area contributed by atoms with Gasteiger partial charge in [0, 0.05) is 13.5 Å². The summed E-state index contributed by atoms with van der Waals surface area (Å²) in [6.07, 6.45) is 0.121. The summed E-state index contributed by atoms with van der Waals surface area (Å²) in [5.41, 5.74) is -0.554. The number of carbonyl (C=O) groups excluding carboxylic acids is 1. The van der Waals surface area contributed by atoms with Crippen molar-refractivity contribution in [2.45, 2.75) is 79.1 Å². The molecule has 0 aromatic carbocycles. The van der Waals surface area contributed by atoms with Gasteiger partial charge in [-0.25, -0.2) is 4.79 Å². The maximum Gasteiger partial charge on any atom is 0.410 e. The largest absolute Gasteiger partial charge is 0.444 e. The van der Waals surface area contributed by atoms with Crippen molar-refractivity contribution in [3.05, 3.63) is 0 Å². The van der Waals surface area contributed by atoms with Crippen LogP contribution in [0.4, 0.5) is 4.79 Å². The Morgan fingerprint density at radius 1 is 1.18 bits per heavy atom. The molecule has 0 bridgehead atoms. The van der Waals surface area contributed by atoms with Crippen molar-refractivity contribution in [1.82, 2.24) is 4.90 Å². The van der Waals surface area contributed by atoms with Crippen LogP contribution in [0, 0.1) is 23.7 Å². The van der Waals surface area contributed by atoms with E-state index in [1.54, 1.807) is 7.05 Å². The molecule has 0 saturated carbocycles. The molecule has 0 radical (unpaired) electrons. The van der Waals surface area contributed by atoms with E-state index in [-0.39, 0.29) is 6.04 Å². The summed E-state index contributed by atoms with van der Waals surface area (Å²) in [4.78, 5) is 13.7. The number of ether oxygens (including phenoxy) is 1. The number of aliphatic hydroxyl groups is 1. The predicted molar refractivity (Wildman–Crippen MR) is 90.5 cm³/mol. The van der Waals surface area contributed by atoms with Gasteiger partial charge >= 0.3 is 6.09 Å². The molecule has 128 valence electrons. The molecule has 0 spiro atoms. The monoisotopic (exact) mass is 311 g/mol. The summed E-state index contributed by atoms with van der Waals surface area (Å²) in [7, 11) is 1.66. The van der Waals surface area contributed by atoms with E-state index in [1.165, 1.54) is 4.90 Å². The van der Waals surface area contributed by atoms with Crippen LogP contribution in [0.15, 0.2) is 0 Å². The Morgan fingerprint density at radius 2 is 1.73 bits per heavy atom. The SMILES string of the molecule is CC(C)CC#C[C@@H](O)[C@H](CC(C)C)N(C)C(=O)OC(C)(C)C. The van der Waals surface area contributed by atoms with Crippen molar-refractivity contribution in [2.75, 3.05) is 7.05 Å². The van der Waals surface area contributed by atoms with Gasteiger partial charge in [-0.3, -0.25) is 0 Å². The first-order valence-corrected chi connectivity index (χ1v) is 8.06. The third-order valence-electron chi connectivity index (χ3n) is 3.02.